The topological polar surface area (TPSA) is 76.6 Å². The van der Waals surface area contributed by atoms with E-state index in [-0.39, 0.29) is 17.5 Å². The molecular formula is C14H21ClN2O4S2. The minimum Gasteiger partial charge on any atom is -0.444 e. The van der Waals surface area contributed by atoms with Gasteiger partial charge in [-0.15, -0.1) is 11.3 Å². The first-order chi connectivity index (χ1) is 10.6. The molecule has 1 saturated heterocycles. The molecule has 1 unspecified atom stereocenters. The number of rotatable bonds is 4. The normalized spacial score (nSPS) is 19.1. The first-order valence-electron chi connectivity index (χ1n) is 7.36. The van der Waals surface area contributed by atoms with Crippen molar-refractivity contribution in [2.75, 3.05) is 12.3 Å². The van der Waals surface area contributed by atoms with Crippen molar-refractivity contribution in [2.45, 2.75) is 51.0 Å². The molecule has 1 amide bonds. The Labute approximate surface area is 145 Å². The van der Waals surface area contributed by atoms with Gasteiger partial charge in [-0.3, -0.25) is 0 Å². The Morgan fingerprint density at radius 3 is 2.78 bits per heavy atom. The molecule has 2 rings (SSSR count). The van der Waals surface area contributed by atoms with Gasteiger partial charge >= 0.3 is 6.09 Å². The summed E-state index contributed by atoms with van der Waals surface area (Å²) in [6.07, 6.45) is 2.48. The first kappa shape index (κ1) is 18.5. The van der Waals surface area contributed by atoms with Crippen molar-refractivity contribution in [3.8, 4) is 0 Å². The van der Waals surface area contributed by atoms with E-state index in [4.69, 9.17) is 16.3 Å². The van der Waals surface area contributed by atoms with Crippen LogP contribution in [0.25, 0.3) is 0 Å². The Balaban J connectivity index is 2.01. The van der Waals surface area contributed by atoms with E-state index in [1.165, 1.54) is 11.1 Å². The lowest BCUT2D eigenvalue weighted by atomic mass is 10.2. The quantitative estimate of drug-likeness (QED) is 0.802. The molecule has 1 atom stereocenters. The van der Waals surface area contributed by atoms with E-state index >= 15 is 0 Å². The number of likely N-dealkylation sites (tertiary alicyclic amines) is 1. The van der Waals surface area contributed by atoms with Crippen LogP contribution < -0.4 is 0 Å². The van der Waals surface area contributed by atoms with Gasteiger partial charge in [0.05, 0.1) is 11.5 Å². The zero-order valence-electron chi connectivity index (χ0n) is 13.4. The summed E-state index contributed by atoms with van der Waals surface area (Å²) < 4.78 is 30.4. The Hall–Kier alpha value is -0.860. The van der Waals surface area contributed by atoms with E-state index in [1.54, 1.807) is 20.8 Å². The molecule has 0 N–H and O–H groups in total. The molecule has 1 aliphatic rings. The number of hydrogen-bond acceptors (Lipinski definition) is 6. The van der Waals surface area contributed by atoms with Crippen molar-refractivity contribution in [3.05, 3.63) is 15.5 Å². The summed E-state index contributed by atoms with van der Waals surface area (Å²) >= 11 is 6.89. The molecule has 1 aliphatic heterocycles. The summed E-state index contributed by atoms with van der Waals surface area (Å²) in [6.45, 7) is 5.91. The number of carbonyl (C=O) groups is 1. The minimum absolute atomic E-state index is 0.0677. The number of amides is 1. The highest BCUT2D eigenvalue weighted by Gasteiger charge is 2.35. The largest absolute Gasteiger partial charge is 0.444 e. The molecule has 0 saturated carbocycles. The summed E-state index contributed by atoms with van der Waals surface area (Å²) in [4.78, 5) is 18.2. The summed E-state index contributed by atoms with van der Waals surface area (Å²) in [6, 6.07) is -0.335. The summed E-state index contributed by atoms with van der Waals surface area (Å²) in [5.41, 5.74) is -0.595. The van der Waals surface area contributed by atoms with Crippen molar-refractivity contribution < 1.29 is 17.9 Å². The predicted molar refractivity (Wildman–Crippen MR) is 90.6 cm³/mol. The zero-order valence-corrected chi connectivity index (χ0v) is 15.8. The Morgan fingerprint density at radius 2 is 2.22 bits per heavy atom. The van der Waals surface area contributed by atoms with E-state index < -0.39 is 21.5 Å². The molecule has 1 aromatic heterocycles. The fourth-order valence-corrected chi connectivity index (χ4v) is 5.60. The maximum absolute atomic E-state index is 12.4. The highest BCUT2D eigenvalue weighted by atomic mass is 35.5. The molecule has 1 aromatic rings. The van der Waals surface area contributed by atoms with Gasteiger partial charge in [0.2, 0.25) is 0 Å². The summed E-state index contributed by atoms with van der Waals surface area (Å²) in [5.74, 6) is -0.169. The van der Waals surface area contributed by atoms with E-state index in [9.17, 15) is 13.2 Å². The van der Waals surface area contributed by atoms with Crippen molar-refractivity contribution in [1.29, 1.82) is 0 Å². The number of sulfone groups is 1. The highest BCUT2D eigenvalue weighted by Crippen LogP contribution is 2.25. The van der Waals surface area contributed by atoms with Gasteiger partial charge in [-0.1, -0.05) is 11.6 Å². The van der Waals surface area contributed by atoms with Crippen LogP contribution in [0.5, 0.6) is 0 Å². The number of aromatic nitrogens is 1. The molecule has 9 heteroatoms. The molecule has 0 radical (unpaired) electrons. The van der Waals surface area contributed by atoms with Gasteiger partial charge in [0.25, 0.3) is 0 Å². The van der Waals surface area contributed by atoms with E-state index in [0.717, 1.165) is 17.8 Å². The van der Waals surface area contributed by atoms with E-state index in [1.807, 2.05) is 0 Å². The van der Waals surface area contributed by atoms with Crippen LogP contribution in [0, 0.1) is 0 Å². The van der Waals surface area contributed by atoms with Crippen LogP contribution in [0.2, 0.25) is 4.47 Å². The van der Waals surface area contributed by atoms with E-state index in [2.05, 4.69) is 4.98 Å². The van der Waals surface area contributed by atoms with Gasteiger partial charge < -0.3 is 9.64 Å². The third-order valence-corrected chi connectivity index (χ3v) is 6.28. The first-order valence-corrected chi connectivity index (χ1v) is 10.4. The number of hydrogen-bond donors (Lipinski definition) is 0. The summed E-state index contributed by atoms with van der Waals surface area (Å²) in [5, 5.41) is 0. The van der Waals surface area contributed by atoms with Crippen molar-refractivity contribution in [2.24, 2.45) is 0 Å². The maximum Gasteiger partial charge on any atom is 0.410 e. The standard InChI is InChI=1S/C14H21ClN2O4S2/c1-14(2,3)21-13(18)17-6-4-5-10(17)8-23(19,20)9-11-7-16-12(15)22-11/h7,10H,4-6,8-9H2,1-3H3. The minimum atomic E-state index is -3.35. The lowest BCUT2D eigenvalue weighted by molar-refractivity contribution is 0.0241. The fraction of sp³-hybridized carbons (Fsp3) is 0.714. The van der Waals surface area contributed by atoms with Crippen LogP contribution in [-0.4, -0.2) is 48.3 Å². The number of carbonyl (C=O) groups excluding carboxylic acids is 1. The van der Waals surface area contributed by atoms with Gasteiger partial charge in [-0.2, -0.15) is 0 Å². The van der Waals surface area contributed by atoms with Gasteiger partial charge in [0.1, 0.15) is 5.60 Å². The average molecular weight is 381 g/mol. The average Bonchev–Trinajstić information content (AvgIpc) is 2.95. The van der Waals surface area contributed by atoms with E-state index in [0.29, 0.717) is 22.3 Å². The van der Waals surface area contributed by atoms with Gasteiger partial charge in [0.15, 0.2) is 14.3 Å². The predicted octanol–water partition coefficient (Wildman–Crippen LogP) is 3.11. The van der Waals surface area contributed by atoms with Gasteiger partial charge in [-0.25, -0.2) is 18.2 Å². The molecule has 0 aliphatic carbocycles. The van der Waals surface area contributed by atoms with Crippen LogP contribution in [-0.2, 0) is 20.3 Å². The second-order valence-electron chi connectivity index (χ2n) is 6.60. The zero-order chi connectivity index (χ0) is 17.3. The van der Waals surface area contributed by atoms with Crippen molar-refractivity contribution in [3.63, 3.8) is 0 Å². The molecule has 0 aromatic carbocycles. The third kappa shape index (κ3) is 5.61. The third-order valence-electron chi connectivity index (χ3n) is 3.34. The maximum atomic E-state index is 12.4. The molecule has 130 valence electrons. The van der Waals surface area contributed by atoms with Gasteiger partial charge in [0, 0.05) is 23.7 Å². The van der Waals surface area contributed by atoms with Crippen LogP contribution >= 0.6 is 22.9 Å². The summed E-state index contributed by atoms with van der Waals surface area (Å²) in [7, 11) is -3.35. The molecule has 0 spiro atoms. The molecule has 0 bridgehead atoms. The number of halogens is 1. The Morgan fingerprint density at radius 1 is 1.52 bits per heavy atom. The fourth-order valence-electron chi connectivity index (χ4n) is 2.49. The molecule has 2 heterocycles. The molecular weight excluding hydrogens is 360 g/mol. The smallest absolute Gasteiger partial charge is 0.410 e. The highest BCUT2D eigenvalue weighted by molar-refractivity contribution is 7.90. The van der Waals surface area contributed by atoms with Gasteiger partial charge in [-0.05, 0) is 33.6 Å². The number of ether oxygens (including phenoxy) is 1. The molecule has 1 fully saturated rings. The number of thiazole rings is 1. The SMILES string of the molecule is CC(C)(C)OC(=O)N1CCCC1CS(=O)(=O)Cc1cnc(Cl)s1. The van der Waals surface area contributed by atoms with Crippen LogP contribution in [0.3, 0.4) is 0 Å². The van der Waals surface area contributed by atoms with Crippen LogP contribution in [0.15, 0.2) is 6.20 Å². The van der Waals surface area contributed by atoms with Crippen LogP contribution in [0.1, 0.15) is 38.5 Å². The molecule has 6 nitrogen and oxygen atoms in total. The lowest BCUT2D eigenvalue weighted by Crippen LogP contribution is -2.42. The second-order valence-corrected chi connectivity index (χ2v) is 10.4. The lowest BCUT2D eigenvalue weighted by Gasteiger charge is -2.28. The molecule has 23 heavy (non-hydrogen) atoms. The number of nitrogens with zero attached hydrogens (tertiary/aromatic N) is 2. The second kappa shape index (κ2) is 6.94. The van der Waals surface area contributed by atoms with Crippen molar-refractivity contribution in [1.82, 2.24) is 9.88 Å². The Bertz CT molecular complexity index is 667. The van der Waals surface area contributed by atoms with Crippen LogP contribution in [0.4, 0.5) is 4.79 Å². The van der Waals surface area contributed by atoms with Crippen molar-refractivity contribution >= 4 is 38.9 Å². The monoisotopic (exact) mass is 380 g/mol. The Kier molecular flexibility index (Phi) is 5.58.